The Morgan fingerprint density at radius 2 is 1.72 bits per heavy atom. The molecule has 2 atom stereocenters. The van der Waals surface area contributed by atoms with Crippen molar-refractivity contribution in [2.24, 2.45) is 5.41 Å². The highest BCUT2D eigenvalue weighted by Gasteiger charge is 2.56. The van der Waals surface area contributed by atoms with Gasteiger partial charge < -0.3 is 4.74 Å². The summed E-state index contributed by atoms with van der Waals surface area (Å²) in [4.78, 5) is 0.604. The van der Waals surface area contributed by atoms with Gasteiger partial charge in [0.1, 0.15) is 11.9 Å². The quantitative estimate of drug-likeness (QED) is 0.643. The highest BCUT2D eigenvalue weighted by molar-refractivity contribution is 9.09. The lowest BCUT2D eigenvalue weighted by atomic mass is 9.64. The Morgan fingerprint density at radius 3 is 2.28 bits per heavy atom. The van der Waals surface area contributed by atoms with Crippen molar-refractivity contribution in [3.05, 3.63) is 28.2 Å². The molecule has 18 heavy (non-hydrogen) atoms. The SMILES string of the molecule is Clc1cc(Cl)cc(OC2CC(Br)C23CCCC3)c1. The van der Waals surface area contributed by atoms with Crippen LogP contribution in [0.3, 0.4) is 0 Å². The standard InChI is InChI=1S/C14H15BrCl2O/c15-12-8-13(14(12)3-1-2-4-14)18-11-6-9(16)5-10(17)7-11/h5-7,12-13H,1-4,8H2. The molecule has 2 aliphatic rings. The second kappa shape index (κ2) is 4.88. The van der Waals surface area contributed by atoms with Crippen LogP contribution in [0.25, 0.3) is 0 Å². The molecule has 0 bridgehead atoms. The van der Waals surface area contributed by atoms with E-state index in [0.717, 1.165) is 12.2 Å². The van der Waals surface area contributed by atoms with Gasteiger partial charge >= 0.3 is 0 Å². The van der Waals surface area contributed by atoms with Gasteiger partial charge in [0.2, 0.25) is 0 Å². The maximum Gasteiger partial charge on any atom is 0.122 e. The zero-order valence-corrected chi connectivity index (χ0v) is 13.1. The topological polar surface area (TPSA) is 9.23 Å². The summed E-state index contributed by atoms with van der Waals surface area (Å²) in [6, 6.07) is 5.42. The highest BCUT2D eigenvalue weighted by atomic mass is 79.9. The average molecular weight is 350 g/mol. The summed E-state index contributed by atoms with van der Waals surface area (Å²) in [5.74, 6) is 0.795. The van der Waals surface area contributed by atoms with E-state index in [-0.39, 0.29) is 0 Å². The summed E-state index contributed by atoms with van der Waals surface area (Å²) in [6.07, 6.45) is 6.55. The van der Waals surface area contributed by atoms with E-state index in [1.165, 1.54) is 25.7 Å². The molecule has 0 heterocycles. The first-order valence-electron chi connectivity index (χ1n) is 6.37. The Hall–Kier alpha value is 0.0800. The Bertz CT molecular complexity index is 437. The zero-order chi connectivity index (χ0) is 12.8. The van der Waals surface area contributed by atoms with Crippen molar-refractivity contribution in [3.8, 4) is 5.75 Å². The van der Waals surface area contributed by atoms with Gasteiger partial charge in [-0.1, -0.05) is 52.0 Å². The molecule has 2 fully saturated rings. The molecular weight excluding hydrogens is 335 g/mol. The minimum atomic E-state index is 0.305. The van der Waals surface area contributed by atoms with Gasteiger partial charge in [-0.2, -0.15) is 0 Å². The zero-order valence-electron chi connectivity index (χ0n) is 9.96. The summed E-state index contributed by atoms with van der Waals surface area (Å²) in [7, 11) is 0. The van der Waals surface area contributed by atoms with E-state index in [9.17, 15) is 0 Å². The lowest BCUT2D eigenvalue weighted by Gasteiger charge is -2.51. The lowest BCUT2D eigenvalue weighted by Crippen LogP contribution is -2.55. The summed E-state index contributed by atoms with van der Waals surface area (Å²) >= 11 is 15.8. The third-order valence-electron chi connectivity index (χ3n) is 4.33. The van der Waals surface area contributed by atoms with Gasteiger partial charge in [-0.15, -0.1) is 0 Å². The third-order valence-corrected chi connectivity index (χ3v) is 6.06. The van der Waals surface area contributed by atoms with Gasteiger partial charge in [0.25, 0.3) is 0 Å². The molecule has 0 amide bonds. The van der Waals surface area contributed by atoms with E-state index < -0.39 is 0 Å². The molecule has 1 aromatic carbocycles. The molecular formula is C14H15BrCl2O. The van der Waals surface area contributed by atoms with Gasteiger partial charge in [0.05, 0.1) is 0 Å². The minimum Gasteiger partial charge on any atom is -0.490 e. The molecule has 3 rings (SSSR count). The van der Waals surface area contributed by atoms with Crippen LogP contribution in [0.15, 0.2) is 18.2 Å². The molecule has 0 aliphatic heterocycles. The molecule has 1 spiro atoms. The van der Waals surface area contributed by atoms with Crippen molar-refractivity contribution in [1.29, 1.82) is 0 Å². The van der Waals surface area contributed by atoms with Crippen LogP contribution in [-0.2, 0) is 0 Å². The van der Waals surface area contributed by atoms with Crippen LogP contribution in [0.2, 0.25) is 10.0 Å². The average Bonchev–Trinajstić information content (AvgIpc) is 2.79. The number of halogens is 3. The lowest BCUT2D eigenvalue weighted by molar-refractivity contribution is -0.0303. The molecule has 1 aromatic rings. The Balaban J connectivity index is 1.77. The Labute approximate surface area is 126 Å². The maximum absolute atomic E-state index is 6.12. The van der Waals surface area contributed by atoms with Gasteiger partial charge in [0.15, 0.2) is 0 Å². The van der Waals surface area contributed by atoms with E-state index in [1.807, 2.05) is 12.1 Å². The number of ether oxygens (including phenoxy) is 1. The fourth-order valence-corrected chi connectivity index (χ4v) is 4.89. The smallest absolute Gasteiger partial charge is 0.122 e. The summed E-state index contributed by atoms with van der Waals surface area (Å²) < 4.78 is 6.12. The monoisotopic (exact) mass is 348 g/mol. The Morgan fingerprint density at radius 1 is 1.11 bits per heavy atom. The fraction of sp³-hybridized carbons (Fsp3) is 0.571. The number of benzene rings is 1. The van der Waals surface area contributed by atoms with E-state index >= 15 is 0 Å². The van der Waals surface area contributed by atoms with Crippen LogP contribution < -0.4 is 4.74 Å². The third kappa shape index (κ3) is 2.17. The van der Waals surface area contributed by atoms with Gasteiger partial charge in [-0.05, 0) is 37.5 Å². The van der Waals surface area contributed by atoms with E-state index in [0.29, 0.717) is 26.4 Å². The number of hydrogen-bond acceptors (Lipinski definition) is 1. The fourth-order valence-electron chi connectivity index (χ4n) is 3.29. The van der Waals surface area contributed by atoms with Crippen LogP contribution in [0.5, 0.6) is 5.75 Å². The molecule has 0 radical (unpaired) electrons. The van der Waals surface area contributed by atoms with E-state index in [1.54, 1.807) is 6.07 Å². The molecule has 2 saturated carbocycles. The number of rotatable bonds is 2. The number of hydrogen-bond donors (Lipinski definition) is 0. The molecule has 98 valence electrons. The van der Waals surface area contributed by atoms with Crippen LogP contribution in [0, 0.1) is 5.41 Å². The van der Waals surface area contributed by atoms with E-state index in [4.69, 9.17) is 27.9 Å². The van der Waals surface area contributed by atoms with Crippen LogP contribution >= 0.6 is 39.1 Å². The minimum absolute atomic E-state index is 0.305. The Kier molecular flexibility index (Phi) is 3.55. The van der Waals surface area contributed by atoms with Crippen LogP contribution in [0.4, 0.5) is 0 Å². The van der Waals surface area contributed by atoms with Crippen molar-refractivity contribution < 1.29 is 4.74 Å². The summed E-state index contributed by atoms with van der Waals surface area (Å²) in [6.45, 7) is 0. The van der Waals surface area contributed by atoms with Gasteiger partial charge in [-0.25, -0.2) is 0 Å². The normalized spacial score (nSPS) is 29.3. The number of alkyl halides is 1. The second-order valence-corrected chi connectivity index (χ2v) is 7.33. The maximum atomic E-state index is 6.12. The molecule has 0 saturated heterocycles. The van der Waals surface area contributed by atoms with Crippen LogP contribution in [0.1, 0.15) is 32.1 Å². The van der Waals surface area contributed by atoms with Crippen molar-refractivity contribution in [2.45, 2.75) is 43.0 Å². The summed E-state index contributed by atoms with van der Waals surface area (Å²) in [5, 5.41) is 1.26. The molecule has 0 aromatic heterocycles. The predicted octanol–water partition coefficient (Wildman–Crippen LogP) is 5.47. The van der Waals surface area contributed by atoms with Crippen molar-refractivity contribution >= 4 is 39.1 Å². The van der Waals surface area contributed by atoms with Crippen molar-refractivity contribution in [3.63, 3.8) is 0 Å². The first kappa shape index (κ1) is 13.1. The first-order valence-corrected chi connectivity index (χ1v) is 8.04. The first-order chi connectivity index (χ1) is 8.60. The molecule has 4 heteroatoms. The van der Waals surface area contributed by atoms with Crippen LogP contribution in [-0.4, -0.2) is 10.9 Å². The largest absolute Gasteiger partial charge is 0.490 e. The summed E-state index contributed by atoms with van der Waals surface area (Å²) in [5.41, 5.74) is 0.342. The van der Waals surface area contributed by atoms with Crippen molar-refractivity contribution in [2.75, 3.05) is 0 Å². The van der Waals surface area contributed by atoms with Gasteiger partial charge in [0, 0.05) is 20.3 Å². The molecule has 2 aliphatic carbocycles. The van der Waals surface area contributed by atoms with E-state index in [2.05, 4.69) is 15.9 Å². The molecule has 2 unspecified atom stereocenters. The predicted molar refractivity (Wildman–Crippen MR) is 79.1 cm³/mol. The second-order valence-electron chi connectivity index (χ2n) is 5.36. The molecule has 0 N–H and O–H groups in total. The highest BCUT2D eigenvalue weighted by Crippen LogP contribution is 2.57. The van der Waals surface area contributed by atoms with Gasteiger partial charge in [-0.3, -0.25) is 0 Å². The molecule has 1 nitrogen and oxygen atoms in total. The van der Waals surface area contributed by atoms with Crippen molar-refractivity contribution in [1.82, 2.24) is 0 Å².